The van der Waals surface area contributed by atoms with Gasteiger partial charge in [-0.3, -0.25) is 4.68 Å². The third-order valence-corrected chi connectivity index (χ3v) is 2.93. The first-order valence-electron chi connectivity index (χ1n) is 5.31. The minimum Gasteiger partial charge on any atom is -0.370 e. The van der Waals surface area contributed by atoms with Crippen LogP contribution in [-0.4, -0.2) is 16.3 Å². The van der Waals surface area contributed by atoms with Gasteiger partial charge in [-0.05, 0) is 30.7 Å². The average Bonchev–Trinajstić information content (AvgIpc) is 2.84. The molecule has 4 heteroatoms. The fourth-order valence-electron chi connectivity index (χ4n) is 2.17. The molecule has 1 aliphatic heterocycles. The molecule has 0 saturated heterocycles. The highest BCUT2D eigenvalue weighted by atomic mass is 19.1. The molecule has 2 aromatic rings. The maximum atomic E-state index is 12.8. The molecule has 0 amide bonds. The zero-order valence-corrected chi connectivity index (χ0v) is 9.00. The molecule has 3 nitrogen and oxygen atoms in total. The second-order valence-electron chi connectivity index (χ2n) is 3.98. The van der Waals surface area contributed by atoms with Crippen LogP contribution in [0.2, 0.25) is 0 Å². The van der Waals surface area contributed by atoms with Crippen molar-refractivity contribution in [2.75, 3.05) is 11.9 Å². The SMILES string of the molecule is Cn1nc(-c2ccc(F)cc2)c2c1NCC2. The van der Waals surface area contributed by atoms with E-state index < -0.39 is 0 Å². The number of halogens is 1. The number of aryl methyl sites for hydroxylation is 1. The Morgan fingerprint density at radius 2 is 2.06 bits per heavy atom. The van der Waals surface area contributed by atoms with E-state index in [4.69, 9.17) is 0 Å². The molecule has 1 aromatic carbocycles. The number of hydrogen-bond acceptors (Lipinski definition) is 2. The molecule has 2 heterocycles. The van der Waals surface area contributed by atoms with Crippen LogP contribution in [-0.2, 0) is 13.5 Å². The molecule has 3 rings (SSSR count). The van der Waals surface area contributed by atoms with E-state index in [-0.39, 0.29) is 5.82 Å². The Labute approximate surface area is 92.9 Å². The Kier molecular flexibility index (Phi) is 1.96. The van der Waals surface area contributed by atoms with Crippen LogP contribution in [0.1, 0.15) is 5.56 Å². The number of fused-ring (bicyclic) bond motifs is 1. The Balaban J connectivity index is 2.13. The highest BCUT2D eigenvalue weighted by molar-refractivity contribution is 5.71. The summed E-state index contributed by atoms with van der Waals surface area (Å²) in [6.45, 7) is 0.954. The second-order valence-corrected chi connectivity index (χ2v) is 3.98. The molecule has 0 atom stereocenters. The molecule has 1 aliphatic rings. The van der Waals surface area contributed by atoms with Crippen molar-refractivity contribution < 1.29 is 4.39 Å². The fraction of sp³-hybridized carbons (Fsp3) is 0.250. The van der Waals surface area contributed by atoms with Gasteiger partial charge < -0.3 is 5.32 Å². The van der Waals surface area contributed by atoms with E-state index in [9.17, 15) is 4.39 Å². The number of nitrogens with one attached hydrogen (secondary N) is 1. The van der Waals surface area contributed by atoms with Crippen LogP contribution in [0.15, 0.2) is 24.3 Å². The summed E-state index contributed by atoms with van der Waals surface area (Å²) in [7, 11) is 1.92. The van der Waals surface area contributed by atoms with Crippen molar-refractivity contribution in [1.82, 2.24) is 9.78 Å². The smallest absolute Gasteiger partial charge is 0.127 e. The maximum absolute atomic E-state index is 12.8. The van der Waals surface area contributed by atoms with Gasteiger partial charge in [-0.25, -0.2) is 4.39 Å². The minimum atomic E-state index is -0.213. The van der Waals surface area contributed by atoms with Crippen molar-refractivity contribution in [2.24, 2.45) is 7.05 Å². The summed E-state index contributed by atoms with van der Waals surface area (Å²) in [4.78, 5) is 0. The van der Waals surface area contributed by atoms with Crippen molar-refractivity contribution in [3.63, 3.8) is 0 Å². The molecule has 0 aliphatic carbocycles. The van der Waals surface area contributed by atoms with E-state index in [1.54, 1.807) is 12.1 Å². The van der Waals surface area contributed by atoms with Gasteiger partial charge in [-0.15, -0.1) is 0 Å². The first kappa shape index (κ1) is 9.39. The summed E-state index contributed by atoms with van der Waals surface area (Å²) in [5, 5.41) is 7.76. The number of nitrogens with zero attached hydrogens (tertiary/aromatic N) is 2. The van der Waals surface area contributed by atoms with Gasteiger partial charge >= 0.3 is 0 Å². The van der Waals surface area contributed by atoms with Crippen molar-refractivity contribution >= 4 is 5.82 Å². The van der Waals surface area contributed by atoms with Crippen molar-refractivity contribution in [1.29, 1.82) is 0 Å². The second kappa shape index (κ2) is 3.33. The highest BCUT2D eigenvalue weighted by Crippen LogP contribution is 2.31. The number of aromatic nitrogens is 2. The number of rotatable bonds is 1. The first-order chi connectivity index (χ1) is 7.75. The standard InChI is InChI=1S/C12H12FN3/c1-16-12-10(6-7-14-12)11(15-16)8-2-4-9(13)5-3-8/h2-5,14H,6-7H2,1H3. The third-order valence-electron chi connectivity index (χ3n) is 2.93. The number of benzene rings is 1. The molecule has 0 saturated carbocycles. The van der Waals surface area contributed by atoms with Crippen LogP contribution in [0.4, 0.5) is 10.2 Å². The van der Waals surface area contributed by atoms with Crippen LogP contribution in [0, 0.1) is 5.82 Å². The van der Waals surface area contributed by atoms with Crippen molar-refractivity contribution in [3.05, 3.63) is 35.6 Å². The van der Waals surface area contributed by atoms with Crippen molar-refractivity contribution in [2.45, 2.75) is 6.42 Å². The summed E-state index contributed by atoms with van der Waals surface area (Å²) in [5.74, 6) is 0.869. The molecule has 0 radical (unpaired) electrons. The summed E-state index contributed by atoms with van der Waals surface area (Å²) < 4.78 is 14.7. The molecule has 1 N–H and O–H groups in total. The zero-order valence-electron chi connectivity index (χ0n) is 9.00. The quantitative estimate of drug-likeness (QED) is 0.793. The maximum Gasteiger partial charge on any atom is 0.127 e. The molecular weight excluding hydrogens is 205 g/mol. The van der Waals surface area contributed by atoms with Crippen LogP contribution < -0.4 is 5.32 Å². The van der Waals surface area contributed by atoms with Gasteiger partial charge in [0, 0.05) is 24.7 Å². The van der Waals surface area contributed by atoms with Gasteiger partial charge in [0.1, 0.15) is 11.6 Å². The van der Waals surface area contributed by atoms with Crippen LogP contribution >= 0.6 is 0 Å². The van der Waals surface area contributed by atoms with Gasteiger partial charge in [0.05, 0.1) is 5.69 Å². The number of anilines is 1. The molecule has 16 heavy (non-hydrogen) atoms. The average molecular weight is 217 g/mol. The summed E-state index contributed by atoms with van der Waals surface area (Å²) in [6.07, 6.45) is 0.982. The summed E-state index contributed by atoms with van der Waals surface area (Å²) in [5.41, 5.74) is 3.17. The van der Waals surface area contributed by atoms with E-state index in [1.807, 2.05) is 11.7 Å². The fourth-order valence-corrected chi connectivity index (χ4v) is 2.17. The van der Waals surface area contributed by atoms with E-state index in [1.165, 1.54) is 17.7 Å². The Morgan fingerprint density at radius 1 is 1.31 bits per heavy atom. The lowest BCUT2D eigenvalue weighted by Gasteiger charge is -1.99. The zero-order chi connectivity index (χ0) is 11.1. The molecular formula is C12H12FN3. The minimum absolute atomic E-state index is 0.213. The molecule has 0 bridgehead atoms. The lowest BCUT2D eigenvalue weighted by molar-refractivity contribution is 0.628. The predicted octanol–water partition coefficient (Wildman–Crippen LogP) is 2.19. The van der Waals surface area contributed by atoms with E-state index in [2.05, 4.69) is 10.4 Å². The van der Waals surface area contributed by atoms with Gasteiger partial charge in [0.2, 0.25) is 0 Å². The monoisotopic (exact) mass is 217 g/mol. The van der Waals surface area contributed by atoms with E-state index in [0.29, 0.717) is 0 Å². The van der Waals surface area contributed by atoms with Crippen molar-refractivity contribution in [3.8, 4) is 11.3 Å². The molecule has 0 fully saturated rings. The van der Waals surface area contributed by atoms with Gasteiger partial charge in [0.15, 0.2) is 0 Å². The first-order valence-corrected chi connectivity index (χ1v) is 5.31. The van der Waals surface area contributed by atoms with Crippen LogP contribution in [0.25, 0.3) is 11.3 Å². The third kappa shape index (κ3) is 1.30. The Bertz CT molecular complexity index is 528. The summed E-state index contributed by atoms with van der Waals surface area (Å²) in [6, 6.07) is 6.49. The lowest BCUT2D eigenvalue weighted by Crippen LogP contribution is -2.01. The Hall–Kier alpha value is -1.84. The predicted molar refractivity (Wildman–Crippen MR) is 60.8 cm³/mol. The normalized spacial score (nSPS) is 13.6. The molecule has 82 valence electrons. The molecule has 1 aromatic heterocycles. The Morgan fingerprint density at radius 3 is 2.81 bits per heavy atom. The lowest BCUT2D eigenvalue weighted by atomic mass is 10.1. The summed E-state index contributed by atoms with van der Waals surface area (Å²) >= 11 is 0. The van der Waals surface area contributed by atoms with Crippen LogP contribution in [0.3, 0.4) is 0 Å². The van der Waals surface area contributed by atoms with Crippen LogP contribution in [0.5, 0.6) is 0 Å². The van der Waals surface area contributed by atoms with E-state index in [0.717, 1.165) is 30.0 Å². The highest BCUT2D eigenvalue weighted by Gasteiger charge is 2.21. The van der Waals surface area contributed by atoms with Gasteiger partial charge in [-0.1, -0.05) is 0 Å². The van der Waals surface area contributed by atoms with Gasteiger partial charge in [0.25, 0.3) is 0 Å². The largest absolute Gasteiger partial charge is 0.370 e. The topological polar surface area (TPSA) is 29.9 Å². The number of hydrogen-bond donors (Lipinski definition) is 1. The van der Waals surface area contributed by atoms with E-state index >= 15 is 0 Å². The molecule has 0 spiro atoms. The van der Waals surface area contributed by atoms with Gasteiger partial charge in [-0.2, -0.15) is 5.10 Å². The molecule has 0 unspecified atom stereocenters.